The average Bonchev–Trinajstić information content (AvgIpc) is 2.75. The van der Waals surface area contributed by atoms with Gasteiger partial charge in [-0.25, -0.2) is 0 Å². The lowest BCUT2D eigenvalue weighted by Gasteiger charge is -2.33. The van der Waals surface area contributed by atoms with Gasteiger partial charge < -0.3 is 37.9 Å². The van der Waals surface area contributed by atoms with Gasteiger partial charge in [-0.15, -0.1) is 0 Å². The van der Waals surface area contributed by atoms with Gasteiger partial charge in [-0.1, -0.05) is 0 Å². The van der Waals surface area contributed by atoms with Gasteiger partial charge in [0, 0.05) is 81.3 Å². The van der Waals surface area contributed by atoms with Gasteiger partial charge in [0.05, 0.1) is 31.8 Å². The van der Waals surface area contributed by atoms with Crippen LogP contribution in [0.5, 0.6) is 0 Å². The number of methoxy groups -OCH3 is 4. The zero-order valence-corrected chi connectivity index (χ0v) is 19.8. The van der Waals surface area contributed by atoms with E-state index in [-0.39, 0.29) is 5.41 Å². The molecule has 30 heavy (non-hydrogen) atoms. The van der Waals surface area contributed by atoms with Crippen molar-refractivity contribution in [1.82, 2.24) is 0 Å². The van der Waals surface area contributed by atoms with E-state index in [1.54, 1.807) is 28.4 Å². The lowest BCUT2D eigenvalue weighted by Crippen LogP contribution is -2.42. The second-order valence-corrected chi connectivity index (χ2v) is 7.45. The number of ether oxygens (including phenoxy) is 8. The third-order valence-corrected chi connectivity index (χ3v) is 4.43. The average molecular weight is 439 g/mol. The Balaban J connectivity index is 4.69. The Bertz CT molecular complexity index is 294. The first kappa shape index (κ1) is 29.7. The summed E-state index contributed by atoms with van der Waals surface area (Å²) in [5, 5.41) is 0. The van der Waals surface area contributed by atoms with Gasteiger partial charge in [0.25, 0.3) is 0 Å². The Labute approximate surface area is 183 Å². The van der Waals surface area contributed by atoms with Crippen LogP contribution >= 0.6 is 0 Å². The van der Waals surface area contributed by atoms with Crippen molar-refractivity contribution in [3.63, 3.8) is 0 Å². The number of unbranched alkanes of at least 4 members (excludes halogenated alkanes) is 1. The van der Waals surface area contributed by atoms with Gasteiger partial charge in [-0.2, -0.15) is 0 Å². The Morgan fingerprint density at radius 3 is 0.967 bits per heavy atom. The van der Waals surface area contributed by atoms with E-state index >= 15 is 0 Å². The first-order chi connectivity index (χ1) is 14.7. The second-order valence-electron chi connectivity index (χ2n) is 7.45. The highest BCUT2D eigenvalue weighted by atomic mass is 16.5. The Morgan fingerprint density at radius 2 is 0.633 bits per heavy atom. The molecule has 0 aliphatic carbocycles. The number of hydrogen-bond acceptors (Lipinski definition) is 8. The molecule has 182 valence electrons. The molecule has 0 aromatic carbocycles. The Morgan fingerprint density at radius 1 is 0.367 bits per heavy atom. The minimum absolute atomic E-state index is 0.353. The molecule has 0 aliphatic rings. The van der Waals surface area contributed by atoms with Crippen LogP contribution in [-0.2, 0) is 37.9 Å². The van der Waals surface area contributed by atoms with Crippen molar-refractivity contribution in [3.8, 4) is 0 Å². The highest BCUT2D eigenvalue weighted by molar-refractivity contribution is 4.79. The zero-order valence-electron chi connectivity index (χ0n) is 19.8. The monoisotopic (exact) mass is 438 g/mol. The van der Waals surface area contributed by atoms with E-state index in [4.69, 9.17) is 37.9 Å². The Kier molecular flexibility index (Phi) is 23.1. The lowest BCUT2D eigenvalue weighted by molar-refractivity contribution is -0.110. The molecule has 0 rings (SSSR count). The summed E-state index contributed by atoms with van der Waals surface area (Å²) < 4.78 is 44.3. The molecule has 0 spiro atoms. The molecular formula is C22H46O8. The molecule has 8 nitrogen and oxygen atoms in total. The van der Waals surface area contributed by atoms with E-state index in [0.717, 1.165) is 38.7 Å². The van der Waals surface area contributed by atoms with E-state index in [2.05, 4.69) is 0 Å². The van der Waals surface area contributed by atoms with Crippen LogP contribution in [0.4, 0.5) is 0 Å². The van der Waals surface area contributed by atoms with Crippen molar-refractivity contribution in [1.29, 1.82) is 0 Å². The van der Waals surface area contributed by atoms with E-state index in [1.807, 2.05) is 0 Å². The van der Waals surface area contributed by atoms with Crippen LogP contribution in [0.3, 0.4) is 0 Å². The second kappa shape index (κ2) is 23.3. The first-order valence-electron chi connectivity index (χ1n) is 11.0. The SMILES string of the molecule is COCCCCOCC(COCCCOC)(COCCCOC)COCCCOC. The maximum absolute atomic E-state index is 6.01. The van der Waals surface area contributed by atoms with E-state index in [9.17, 15) is 0 Å². The van der Waals surface area contributed by atoms with Crippen molar-refractivity contribution < 1.29 is 37.9 Å². The molecule has 0 heterocycles. The summed E-state index contributed by atoms with van der Waals surface area (Å²) in [5.41, 5.74) is -0.353. The van der Waals surface area contributed by atoms with Gasteiger partial charge in [0.15, 0.2) is 0 Å². The van der Waals surface area contributed by atoms with E-state index < -0.39 is 0 Å². The maximum atomic E-state index is 6.01. The molecule has 8 heteroatoms. The Hall–Kier alpha value is -0.320. The number of rotatable bonds is 25. The van der Waals surface area contributed by atoms with Gasteiger partial charge in [0.1, 0.15) is 0 Å². The quantitative estimate of drug-likeness (QED) is 0.201. The fraction of sp³-hybridized carbons (Fsp3) is 1.00. The molecule has 0 radical (unpaired) electrons. The summed E-state index contributed by atoms with van der Waals surface area (Å²) >= 11 is 0. The first-order valence-corrected chi connectivity index (χ1v) is 11.0. The molecule has 0 N–H and O–H groups in total. The lowest BCUT2D eigenvalue weighted by atomic mass is 9.92. The van der Waals surface area contributed by atoms with Gasteiger partial charge in [-0.3, -0.25) is 0 Å². The minimum Gasteiger partial charge on any atom is -0.385 e. The minimum atomic E-state index is -0.353. The summed E-state index contributed by atoms with van der Waals surface area (Å²) in [6.45, 7) is 7.47. The highest BCUT2D eigenvalue weighted by Gasteiger charge is 2.32. The number of hydrogen-bond donors (Lipinski definition) is 0. The van der Waals surface area contributed by atoms with E-state index in [0.29, 0.717) is 72.7 Å². The van der Waals surface area contributed by atoms with Crippen LogP contribution in [0.1, 0.15) is 32.1 Å². The van der Waals surface area contributed by atoms with Crippen molar-refractivity contribution in [2.24, 2.45) is 5.41 Å². The standard InChI is InChI=1S/C22H46O8/c1-23-10-5-6-14-27-18-22(19-28-15-7-11-24-2,20-29-16-8-12-25-3)21-30-17-9-13-26-4/h5-21H2,1-4H3. The topological polar surface area (TPSA) is 73.8 Å². The predicted octanol–water partition coefficient (Wildman–Crippen LogP) is 2.58. The summed E-state index contributed by atoms with van der Waals surface area (Å²) in [5.74, 6) is 0. The molecular weight excluding hydrogens is 392 g/mol. The molecule has 0 saturated heterocycles. The van der Waals surface area contributed by atoms with Gasteiger partial charge in [0.2, 0.25) is 0 Å². The summed E-state index contributed by atoms with van der Waals surface area (Å²) in [7, 11) is 6.81. The molecule has 0 saturated carbocycles. The molecule has 0 aromatic heterocycles. The third-order valence-electron chi connectivity index (χ3n) is 4.43. The van der Waals surface area contributed by atoms with Crippen LogP contribution in [0.15, 0.2) is 0 Å². The van der Waals surface area contributed by atoms with Crippen LogP contribution in [-0.4, -0.2) is 108 Å². The van der Waals surface area contributed by atoms with Crippen LogP contribution < -0.4 is 0 Å². The van der Waals surface area contributed by atoms with Crippen LogP contribution in [0.25, 0.3) is 0 Å². The predicted molar refractivity (Wildman–Crippen MR) is 116 cm³/mol. The molecule has 0 bridgehead atoms. The van der Waals surface area contributed by atoms with Crippen molar-refractivity contribution >= 4 is 0 Å². The van der Waals surface area contributed by atoms with E-state index in [1.165, 1.54) is 0 Å². The highest BCUT2D eigenvalue weighted by Crippen LogP contribution is 2.21. The fourth-order valence-corrected chi connectivity index (χ4v) is 2.77. The van der Waals surface area contributed by atoms with Gasteiger partial charge in [-0.05, 0) is 32.1 Å². The van der Waals surface area contributed by atoms with Crippen molar-refractivity contribution in [2.45, 2.75) is 32.1 Å². The normalized spacial score (nSPS) is 12.0. The third kappa shape index (κ3) is 18.4. The molecule has 0 fully saturated rings. The van der Waals surface area contributed by atoms with Crippen molar-refractivity contribution in [3.05, 3.63) is 0 Å². The maximum Gasteiger partial charge on any atom is 0.0637 e. The van der Waals surface area contributed by atoms with Crippen LogP contribution in [0, 0.1) is 5.41 Å². The zero-order chi connectivity index (χ0) is 22.2. The molecule has 0 aromatic rings. The summed E-state index contributed by atoms with van der Waals surface area (Å²) in [6.07, 6.45) is 4.51. The summed E-state index contributed by atoms with van der Waals surface area (Å²) in [4.78, 5) is 0. The molecule has 0 aliphatic heterocycles. The molecule has 0 amide bonds. The smallest absolute Gasteiger partial charge is 0.0637 e. The summed E-state index contributed by atoms with van der Waals surface area (Å²) in [6, 6.07) is 0. The molecule has 0 atom stereocenters. The largest absolute Gasteiger partial charge is 0.385 e. The molecule has 0 unspecified atom stereocenters. The van der Waals surface area contributed by atoms with Crippen LogP contribution in [0.2, 0.25) is 0 Å². The van der Waals surface area contributed by atoms with Gasteiger partial charge >= 0.3 is 0 Å². The fourth-order valence-electron chi connectivity index (χ4n) is 2.77. The van der Waals surface area contributed by atoms with Crippen molar-refractivity contribution in [2.75, 3.05) is 108 Å².